The summed E-state index contributed by atoms with van der Waals surface area (Å²) >= 11 is 9.99. The molecule has 8 nitrogen and oxygen atoms in total. The molecule has 0 radical (unpaired) electrons. The number of amides is 1. The first-order valence-corrected chi connectivity index (χ1v) is 13.9. The monoisotopic (exact) mass is 728 g/mol. The topological polar surface area (TPSA) is 103 Å². The molecule has 202 valence electrons. The van der Waals surface area contributed by atoms with Gasteiger partial charge in [0.2, 0.25) is 0 Å². The molecule has 0 spiro atoms. The van der Waals surface area contributed by atoms with E-state index in [1.807, 2.05) is 6.07 Å². The average Bonchev–Trinajstić information content (AvgIpc) is 2.94. The highest BCUT2D eigenvalue weighted by Gasteiger charge is 2.17. The average molecular weight is 731 g/mol. The van der Waals surface area contributed by atoms with Gasteiger partial charge in [0, 0.05) is 13.4 Å². The molecular formula is C29H19Br3N2O6. The first-order valence-electron chi connectivity index (χ1n) is 11.6. The van der Waals surface area contributed by atoms with Crippen molar-refractivity contribution in [2.45, 2.75) is 0 Å². The van der Waals surface area contributed by atoms with Gasteiger partial charge in [-0.15, -0.1) is 0 Å². The molecule has 0 aliphatic heterocycles. The van der Waals surface area contributed by atoms with Gasteiger partial charge in [-0.1, -0.05) is 53.9 Å². The van der Waals surface area contributed by atoms with Crippen molar-refractivity contribution in [3.63, 3.8) is 0 Å². The van der Waals surface area contributed by atoms with E-state index < -0.39 is 17.8 Å². The second kappa shape index (κ2) is 14.0. The molecule has 4 aromatic carbocycles. The Hall–Kier alpha value is -3.80. The van der Waals surface area contributed by atoms with Gasteiger partial charge >= 0.3 is 11.9 Å². The summed E-state index contributed by atoms with van der Waals surface area (Å²) in [6.07, 6.45) is 1.36. The van der Waals surface area contributed by atoms with Crippen LogP contribution in [0.2, 0.25) is 0 Å². The SMILES string of the molecule is O=C(COc1cccc(Br)c1)NN=Cc1ccc(OC(=O)c2ccc(Br)cc2)c(OC(=O)c2ccc(Br)cc2)c1. The first kappa shape index (κ1) is 29.2. The molecule has 0 heterocycles. The van der Waals surface area contributed by atoms with Crippen molar-refractivity contribution >= 4 is 71.9 Å². The van der Waals surface area contributed by atoms with Gasteiger partial charge in [-0.05, 0) is 90.5 Å². The van der Waals surface area contributed by atoms with Crippen LogP contribution in [0.1, 0.15) is 26.3 Å². The van der Waals surface area contributed by atoms with Gasteiger partial charge in [-0.3, -0.25) is 4.79 Å². The van der Waals surface area contributed by atoms with E-state index in [1.54, 1.807) is 72.8 Å². The molecule has 0 fully saturated rings. The highest BCUT2D eigenvalue weighted by atomic mass is 79.9. The van der Waals surface area contributed by atoms with E-state index >= 15 is 0 Å². The fourth-order valence-corrected chi connectivity index (χ4v) is 4.08. The molecule has 0 atom stereocenters. The van der Waals surface area contributed by atoms with Gasteiger partial charge in [0.05, 0.1) is 17.3 Å². The molecule has 0 saturated heterocycles. The summed E-state index contributed by atoms with van der Waals surface area (Å²) < 4.78 is 19.0. The largest absolute Gasteiger partial charge is 0.484 e. The van der Waals surface area contributed by atoms with Crippen molar-refractivity contribution in [3.05, 3.63) is 121 Å². The maximum atomic E-state index is 12.8. The van der Waals surface area contributed by atoms with Crippen LogP contribution in [-0.4, -0.2) is 30.7 Å². The highest BCUT2D eigenvalue weighted by molar-refractivity contribution is 9.11. The molecule has 4 aromatic rings. The van der Waals surface area contributed by atoms with Crippen LogP contribution in [-0.2, 0) is 4.79 Å². The predicted molar refractivity (Wildman–Crippen MR) is 160 cm³/mol. The second-order valence-corrected chi connectivity index (χ2v) is 10.8. The van der Waals surface area contributed by atoms with Crippen LogP contribution in [0.3, 0.4) is 0 Å². The Bertz CT molecular complexity index is 1560. The van der Waals surface area contributed by atoms with Gasteiger partial charge < -0.3 is 14.2 Å². The summed E-state index contributed by atoms with van der Waals surface area (Å²) in [5.41, 5.74) is 3.45. The first-order chi connectivity index (χ1) is 19.3. The fraction of sp³-hybridized carbons (Fsp3) is 0.0345. The van der Waals surface area contributed by atoms with Crippen LogP contribution in [0, 0.1) is 0 Å². The molecular weight excluding hydrogens is 712 g/mol. The van der Waals surface area contributed by atoms with Gasteiger partial charge in [-0.25, -0.2) is 15.0 Å². The highest BCUT2D eigenvalue weighted by Crippen LogP contribution is 2.30. The number of ether oxygens (including phenoxy) is 3. The number of carbonyl (C=O) groups is 3. The number of hydrogen-bond acceptors (Lipinski definition) is 7. The summed E-state index contributed by atoms with van der Waals surface area (Å²) in [5, 5.41) is 3.93. The van der Waals surface area contributed by atoms with Crippen LogP contribution < -0.4 is 19.6 Å². The number of nitrogens with one attached hydrogen (secondary N) is 1. The standard InChI is InChI=1S/C29H19Br3N2O6/c30-21-9-5-19(6-10-21)28(36)39-25-13-4-18(14-26(25)40-29(37)20-7-11-22(31)12-8-20)16-33-34-27(35)17-38-24-3-1-2-23(32)15-24/h1-16H,17H2,(H,34,35). The number of carbonyl (C=O) groups excluding carboxylic acids is 3. The van der Waals surface area contributed by atoms with Crippen molar-refractivity contribution in [3.8, 4) is 17.2 Å². The Balaban J connectivity index is 1.48. The Morgan fingerprint density at radius 1 is 0.700 bits per heavy atom. The maximum absolute atomic E-state index is 12.8. The van der Waals surface area contributed by atoms with Crippen LogP contribution in [0.4, 0.5) is 0 Å². The number of hydrazone groups is 1. The van der Waals surface area contributed by atoms with Crippen LogP contribution >= 0.6 is 47.8 Å². The molecule has 0 unspecified atom stereocenters. The summed E-state index contributed by atoms with van der Waals surface area (Å²) in [7, 11) is 0. The molecule has 0 aromatic heterocycles. The number of benzene rings is 4. The molecule has 0 bridgehead atoms. The summed E-state index contributed by atoms with van der Waals surface area (Å²) in [5.74, 6) is -1.21. The van der Waals surface area contributed by atoms with Crippen molar-refractivity contribution < 1.29 is 28.6 Å². The number of hydrogen-bond donors (Lipinski definition) is 1. The van der Waals surface area contributed by atoms with E-state index in [0.29, 0.717) is 22.4 Å². The minimum Gasteiger partial charge on any atom is -0.484 e. The third-order valence-corrected chi connectivity index (χ3v) is 6.65. The third-order valence-electron chi connectivity index (χ3n) is 5.10. The summed E-state index contributed by atoms with van der Waals surface area (Å²) in [4.78, 5) is 37.6. The molecule has 0 aliphatic carbocycles. The molecule has 1 amide bonds. The van der Waals surface area contributed by atoms with E-state index in [2.05, 4.69) is 58.3 Å². The Morgan fingerprint density at radius 2 is 1.30 bits per heavy atom. The lowest BCUT2D eigenvalue weighted by Crippen LogP contribution is -2.24. The zero-order valence-electron chi connectivity index (χ0n) is 20.5. The minimum atomic E-state index is -0.652. The minimum absolute atomic E-state index is 0.00774. The van der Waals surface area contributed by atoms with Crippen LogP contribution in [0.5, 0.6) is 17.2 Å². The van der Waals surface area contributed by atoms with Crippen molar-refractivity contribution in [2.24, 2.45) is 5.10 Å². The molecule has 4 rings (SSSR count). The zero-order chi connectivity index (χ0) is 28.5. The molecule has 1 N–H and O–H groups in total. The summed E-state index contributed by atoms with van der Waals surface area (Å²) in [6.45, 7) is -0.241. The number of esters is 2. The Morgan fingerprint density at radius 3 is 1.90 bits per heavy atom. The van der Waals surface area contributed by atoms with E-state index in [1.165, 1.54) is 18.3 Å². The van der Waals surface area contributed by atoms with Crippen molar-refractivity contribution in [2.75, 3.05) is 6.61 Å². The number of rotatable bonds is 9. The maximum Gasteiger partial charge on any atom is 0.343 e. The van der Waals surface area contributed by atoms with Gasteiger partial charge in [0.25, 0.3) is 5.91 Å². The van der Waals surface area contributed by atoms with Crippen molar-refractivity contribution in [1.82, 2.24) is 5.43 Å². The Labute approximate surface area is 254 Å². The van der Waals surface area contributed by atoms with E-state index in [0.717, 1.165) is 13.4 Å². The number of halogens is 3. The van der Waals surface area contributed by atoms with Gasteiger partial charge in [-0.2, -0.15) is 5.10 Å². The predicted octanol–water partition coefficient (Wildman–Crippen LogP) is 6.94. The lowest BCUT2D eigenvalue weighted by atomic mass is 10.2. The Kier molecular flexibility index (Phi) is 10.2. The quantitative estimate of drug-likeness (QED) is 0.0867. The summed E-state index contributed by atoms with van der Waals surface area (Å²) in [6, 6.07) is 24.8. The van der Waals surface area contributed by atoms with E-state index in [9.17, 15) is 14.4 Å². The van der Waals surface area contributed by atoms with Gasteiger partial charge in [0.15, 0.2) is 18.1 Å². The van der Waals surface area contributed by atoms with Crippen LogP contribution in [0.15, 0.2) is 110 Å². The normalized spacial score (nSPS) is 10.7. The zero-order valence-corrected chi connectivity index (χ0v) is 25.2. The molecule has 40 heavy (non-hydrogen) atoms. The van der Waals surface area contributed by atoms with E-state index in [-0.39, 0.29) is 18.1 Å². The second-order valence-electron chi connectivity index (χ2n) is 8.04. The fourth-order valence-electron chi connectivity index (χ4n) is 3.18. The smallest absolute Gasteiger partial charge is 0.343 e. The molecule has 0 aliphatic rings. The van der Waals surface area contributed by atoms with E-state index in [4.69, 9.17) is 14.2 Å². The lowest BCUT2D eigenvalue weighted by molar-refractivity contribution is -0.123. The molecule has 11 heteroatoms. The van der Waals surface area contributed by atoms with Crippen molar-refractivity contribution in [1.29, 1.82) is 0 Å². The lowest BCUT2D eigenvalue weighted by Gasteiger charge is -2.12. The van der Waals surface area contributed by atoms with Crippen LogP contribution in [0.25, 0.3) is 0 Å². The number of nitrogens with zero attached hydrogens (tertiary/aromatic N) is 1. The van der Waals surface area contributed by atoms with Gasteiger partial charge in [0.1, 0.15) is 5.75 Å². The third kappa shape index (κ3) is 8.60. The molecule has 0 saturated carbocycles.